The number of thiazole rings is 1. The quantitative estimate of drug-likeness (QED) is 0.416. The molecule has 0 amide bonds. The largest absolute Gasteiger partial charge is 0.379 e. The second kappa shape index (κ2) is 11.2. The van der Waals surface area contributed by atoms with Crippen LogP contribution in [0.5, 0.6) is 0 Å². The van der Waals surface area contributed by atoms with E-state index in [2.05, 4.69) is 39.8 Å². The Hall–Kier alpha value is -2.73. The predicted molar refractivity (Wildman–Crippen MR) is 152 cm³/mol. The summed E-state index contributed by atoms with van der Waals surface area (Å²) in [5, 5.41) is 6.81. The Kier molecular flexibility index (Phi) is 7.90. The van der Waals surface area contributed by atoms with Crippen molar-refractivity contribution in [3.8, 4) is 5.69 Å². The molecule has 2 aliphatic rings. The first-order valence-electron chi connectivity index (χ1n) is 13.2. The Labute approximate surface area is 228 Å². The molecule has 0 atom stereocenters. The summed E-state index contributed by atoms with van der Waals surface area (Å²) in [6.45, 7) is 12.4. The lowest BCUT2D eigenvalue weighted by atomic mass is 10.2. The summed E-state index contributed by atoms with van der Waals surface area (Å²) < 4.78 is 38.0. The molecule has 204 valence electrons. The first-order chi connectivity index (χ1) is 18.3. The Morgan fingerprint density at radius 1 is 1.00 bits per heavy atom. The molecule has 0 radical (unpaired) electrons. The van der Waals surface area contributed by atoms with Crippen LogP contribution in [0.15, 0.2) is 44.6 Å². The molecule has 2 aromatic heterocycles. The minimum absolute atomic E-state index is 0.315. The molecule has 2 aliphatic heterocycles. The third-order valence-electron chi connectivity index (χ3n) is 7.17. The van der Waals surface area contributed by atoms with Crippen LogP contribution in [0.2, 0.25) is 0 Å². The van der Waals surface area contributed by atoms with E-state index in [4.69, 9.17) is 9.84 Å². The van der Waals surface area contributed by atoms with Gasteiger partial charge in [0, 0.05) is 55.1 Å². The molecule has 0 spiro atoms. The molecule has 5 rings (SSSR count). The SMILES string of the molecule is CCN=c1scc(C)n1N=Cc1cc(C)n(-c2cc(S(=O)(=O)N3CCOCC3)ccc2N2CCCC2)c1C. The topological polar surface area (TPSA) is 84.4 Å². The Morgan fingerprint density at radius 2 is 1.74 bits per heavy atom. The summed E-state index contributed by atoms with van der Waals surface area (Å²) in [5.74, 6) is 0. The molecular weight excluding hydrogens is 520 g/mol. The zero-order valence-corrected chi connectivity index (χ0v) is 24.2. The second-order valence-electron chi connectivity index (χ2n) is 9.71. The van der Waals surface area contributed by atoms with Gasteiger partial charge in [-0.3, -0.25) is 4.99 Å². The van der Waals surface area contributed by atoms with E-state index in [1.807, 2.05) is 36.9 Å². The van der Waals surface area contributed by atoms with Gasteiger partial charge in [0.15, 0.2) is 0 Å². The number of anilines is 1. The molecule has 2 fully saturated rings. The van der Waals surface area contributed by atoms with Gasteiger partial charge in [0.1, 0.15) is 0 Å². The van der Waals surface area contributed by atoms with E-state index in [0.29, 0.717) is 37.7 Å². The number of morpholine rings is 1. The van der Waals surface area contributed by atoms with Crippen LogP contribution in [0.1, 0.15) is 42.4 Å². The molecule has 3 aromatic rings. The molecule has 9 nitrogen and oxygen atoms in total. The highest BCUT2D eigenvalue weighted by Crippen LogP contribution is 2.34. The van der Waals surface area contributed by atoms with Crippen molar-refractivity contribution in [2.45, 2.75) is 45.4 Å². The fourth-order valence-corrected chi connectivity index (χ4v) is 7.48. The fourth-order valence-electron chi connectivity index (χ4n) is 5.18. The fraction of sp³-hybridized carbons (Fsp3) is 0.481. The van der Waals surface area contributed by atoms with E-state index >= 15 is 0 Å². The number of ether oxygens (including phenoxy) is 1. The van der Waals surface area contributed by atoms with Crippen LogP contribution in [0.3, 0.4) is 0 Å². The number of benzene rings is 1. The Morgan fingerprint density at radius 3 is 2.45 bits per heavy atom. The summed E-state index contributed by atoms with van der Waals surface area (Å²) in [5.41, 5.74) is 5.99. The minimum atomic E-state index is -3.62. The van der Waals surface area contributed by atoms with Crippen LogP contribution in [0, 0.1) is 20.8 Å². The highest BCUT2D eigenvalue weighted by molar-refractivity contribution is 7.89. The van der Waals surface area contributed by atoms with Gasteiger partial charge in [0.2, 0.25) is 14.8 Å². The van der Waals surface area contributed by atoms with Crippen molar-refractivity contribution in [1.29, 1.82) is 0 Å². The normalized spacial score (nSPS) is 17.8. The second-order valence-corrected chi connectivity index (χ2v) is 12.5. The van der Waals surface area contributed by atoms with Gasteiger partial charge < -0.3 is 14.2 Å². The van der Waals surface area contributed by atoms with E-state index in [1.165, 1.54) is 4.31 Å². The molecular formula is C27H36N6O3S2. The van der Waals surface area contributed by atoms with Crippen molar-refractivity contribution in [3.05, 3.63) is 57.1 Å². The van der Waals surface area contributed by atoms with Crippen molar-refractivity contribution < 1.29 is 13.2 Å². The number of rotatable bonds is 7. The van der Waals surface area contributed by atoms with Crippen molar-refractivity contribution in [1.82, 2.24) is 13.5 Å². The van der Waals surface area contributed by atoms with Crippen molar-refractivity contribution >= 4 is 33.3 Å². The van der Waals surface area contributed by atoms with Gasteiger partial charge in [-0.25, -0.2) is 13.1 Å². The molecule has 1 aromatic carbocycles. The van der Waals surface area contributed by atoms with Crippen LogP contribution in [0.4, 0.5) is 5.69 Å². The lowest BCUT2D eigenvalue weighted by molar-refractivity contribution is 0.0730. The molecule has 11 heteroatoms. The molecule has 0 saturated carbocycles. The number of aromatic nitrogens is 2. The van der Waals surface area contributed by atoms with E-state index in [1.54, 1.807) is 17.4 Å². The van der Waals surface area contributed by atoms with E-state index < -0.39 is 10.0 Å². The molecule has 0 bridgehead atoms. The maximum atomic E-state index is 13.5. The van der Waals surface area contributed by atoms with Gasteiger partial charge in [-0.2, -0.15) is 9.41 Å². The summed E-state index contributed by atoms with van der Waals surface area (Å²) in [6, 6.07) is 7.68. The van der Waals surface area contributed by atoms with Gasteiger partial charge in [-0.1, -0.05) is 0 Å². The standard InChI is InChI=1S/C27H36N6O3S2/c1-5-28-27-33(21(3)19-37-27)29-18-23-16-20(2)32(22(23)4)26-17-24(8-9-25(26)30-10-6-7-11-30)38(34,35)31-12-14-36-15-13-31/h8-9,16-19H,5-7,10-15H2,1-4H3. The third kappa shape index (κ3) is 5.12. The van der Waals surface area contributed by atoms with Crippen LogP contribution >= 0.6 is 11.3 Å². The van der Waals surface area contributed by atoms with Crippen molar-refractivity contribution in [3.63, 3.8) is 0 Å². The third-order valence-corrected chi connectivity index (χ3v) is 10.0. The molecule has 0 aliphatic carbocycles. The number of nitrogens with zero attached hydrogens (tertiary/aromatic N) is 6. The molecule has 38 heavy (non-hydrogen) atoms. The summed E-state index contributed by atoms with van der Waals surface area (Å²) in [6.07, 6.45) is 4.14. The summed E-state index contributed by atoms with van der Waals surface area (Å²) >= 11 is 1.58. The van der Waals surface area contributed by atoms with Gasteiger partial charge >= 0.3 is 0 Å². The lowest BCUT2D eigenvalue weighted by Gasteiger charge is -2.28. The Bertz CT molecular complexity index is 1500. The van der Waals surface area contributed by atoms with Crippen LogP contribution in [0.25, 0.3) is 5.69 Å². The first-order valence-corrected chi connectivity index (χ1v) is 15.5. The summed E-state index contributed by atoms with van der Waals surface area (Å²) in [4.78, 5) is 8.09. The van der Waals surface area contributed by atoms with Crippen LogP contribution < -0.4 is 9.70 Å². The van der Waals surface area contributed by atoms with Gasteiger partial charge in [-0.05, 0) is 64.8 Å². The lowest BCUT2D eigenvalue weighted by Crippen LogP contribution is -2.40. The maximum absolute atomic E-state index is 13.5. The number of hydrogen-bond acceptors (Lipinski definition) is 7. The van der Waals surface area contributed by atoms with Crippen molar-refractivity contribution in [2.75, 3.05) is 50.8 Å². The molecule has 2 saturated heterocycles. The number of sulfonamides is 1. The average Bonchev–Trinajstić information content (AvgIpc) is 3.64. The zero-order chi connectivity index (χ0) is 26.9. The summed E-state index contributed by atoms with van der Waals surface area (Å²) in [7, 11) is -3.62. The number of hydrogen-bond donors (Lipinski definition) is 0. The van der Waals surface area contributed by atoms with Gasteiger partial charge in [0.05, 0.1) is 41.4 Å². The highest BCUT2D eigenvalue weighted by Gasteiger charge is 2.28. The zero-order valence-electron chi connectivity index (χ0n) is 22.6. The monoisotopic (exact) mass is 556 g/mol. The highest BCUT2D eigenvalue weighted by atomic mass is 32.2. The van der Waals surface area contributed by atoms with Crippen LogP contribution in [-0.4, -0.2) is 74.1 Å². The van der Waals surface area contributed by atoms with Crippen LogP contribution in [-0.2, 0) is 14.8 Å². The molecule has 0 unspecified atom stereocenters. The average molecular weight is 557 g/mol. The smallest absolute Gasteiger partial charge is 0.243 e. The first kappa shape index (κ1) is 26.9. The van der Waals surface area contributed by atoms with E-state index in [9.17, 15) is 8.42 Å². The van der Waals surface area contributed by atoms with Crippen molar-refractivity contribution in [2.24, 2.45) is 10.1 Å². The van der Waals surface area contributed by atoms with E-state index in [-0.39, 0.29) is 0 Å². The Balaban J connectivity index is 1.59. The molecule has 0 N–H and O–H groups in total. The van der Waals surface area contributed by atoms with Gasteiger partial charge in [-0.15, -0.1) is 11.3 Å². The van der Waals surface area contributed by atoms with Gasteiger partial charge in [0.25, 0.3) is 0 Å². The predicted octanol–water partition coefficient (Wildman–Crippen LogP) is 3.69. The van der Waals surface area contributed by atoms with E-state index in [0.717, 1.165) is 64.8 Å². The molecule has 4 heterocycles. The number of aryl methyl sites for hydroxylation is 2. The minimum Gasteiger partial charge on any atom is -0.379 e. The maximum Gasteiger partial charge on any atom is 0.243 e.